The SMILES string of the molecule is CC(C)(C)OC(=O)N1CCN(c2ccc(-c3cc(N(Cc4ccc(Cl)cc4Cl)C(=O)OC(C)(C)C)n4nccc4n3)cc2)C(=O)C1.O=C1CNCCN1c1ccc(-c2cc(NCc3ccc(Cl)cc3Cl)n3nccc3n2)cc1. The van der Waals surface area contributed by atoms with Crippen molar-refractivity contribution in [3.8, 4) is 22.5 Å². The van der Waals surface area contributed by atoms with E-state index < -0.39 is 23.4 Å². The zero-order chi connectivity index (χ0) is 55.5. The van der Waals surface area contributed by atoms with Crippen molar-refractivity contribution in [3.05, 3.63) is 153 Å². The number of carbonyl (C=O) groups is 4. The van der Waals surface area contributed by atoms with Crippen LogP contribution in [0.15, 0.2) is 122 Å². The fourth-order valence-corrected chi connectivity index (χ4v) is 9.53. The maximum Gasteiger partial charge on any atom is 0.416 e. The molecule has 4 amide bonds. The molecule has 2 N–H and O–H groups in total. The molecule has 2 saturated heterocycles. The zero-order valence-corrected chi connectivity index (χ0v) is 46.7. The number of fused-ring (bicyclic) bond motifs is 2. The second-order valence-electron chi connectivity index (χ2n) is 20.4. The molecule has 0 bridgehead atoms. The number of nitrogens with one attached hydrogen (secondary N) is 2. The van der Waals surface area contributed by atoms with Crippen LogP contribution in [0.5, 0.6) is 0 Å². The summed E-state index contributed by atoms with van der Waals surface area (Å²) >= 11 is 25.0. The topological polar surface area (TPSA) is 184 Å². The number of anilines is 4. The van der Waals surface area contributed by atoms with E-state index in [0.717, 1.165) is 46.1 Å². The molecule has 0 radical (unpaired) electrons. The van der Waals surface area contributed by atoms with Crippen LogP contribution in [-0.4, -0.2) is 109 Å². The van der Waals surface area contributed by atoms with E-state index in [-0.39, 0.29) is 24.9 Å². The first kappa shape index (κ1) is 55.3. The number of amides is 4. The van der Waals surface area contributed by atoms with Gasteiger partial charge in [0.05, 0.1) is 36.9 Å². The minimum absolute atomic E-state index is 0.0718. The molecule has 0 atom stereocenters. The number of piperazine rings is 2. The van der Waals surface area contributed by atoms with Gasteiger partial charge in [-0.25, -0.2) is 19.6 Å². The molecule has 6 heterocycles. The Morgan fingerprint density at radius 1 is 0.641 bits per heavy atom. The Morgan fingerprint density at radius 2 is 1.19 bits per heavy atom. The Bertz CT molecular complexity index is 3520. The van der Waals surface area contributed by atoms with E-state index >= 15 is 0 Å². The Morgan fingerprint density at radius 3 is 1.76 bits per heavy atom. The summed E-state index contributed by atoms with van der Waals surface area (Å²) in [6.45, 7) is 13.8. The molecule has 4 aromatic carbocycles. The highest BCUT2D eigenvalue weighted by molar-refractivity contribution is 6.35. The summed E-state index contributed by atoms with van der Waals surface area (Å²) < 4.78 is 14.5. The zero-order valence-electron chi connectivity index (χ0n) is 43.6. The molecule has 0 saturated carbocycles. The average molecular weight is 1130 g/mol. The van der Waals surface area contributed by atoms with Crippen LogP contribution in [0.25, 0.3) is 33.8 Å². The molecular formula is C56H56Cl4N12O6. The number of nitrogens with zero attached hydrogens (tertiary/aromatic N) is 10. The van der Waals surface area contributed by atoms with Gasteiger partial charge in [-0.15, -0.1) is 0 Å². The molecule has 78 heavy (non-hydrogen) atoms. The standard InChI is InChI=1S/C33H36Cl2N6O5.C23H20Cl2N6O/c1-32(2,3)45-30(43)38-15-16-39(29(42)20-38)24-11-8-21(9-12-24)26-18-28(41-27(37-26)13-14-36-41)40(31(44)46-33(4,5)6)19-22-7-10-23(34)17-25(22)35;24-17-4-1-16(19(25)11-17)13-27-22-12-20(29-21-7-8-28-31(21)22)15-2-5-18(6-3-15)30-10-9-26-14-23(30)32/h7-14,17-18H,15-16,19-20H2,1-6H3;1-8,11-12,26-27H,9-10,13-14H2. The van der Waals surface area contributed by atoms with Gasteiger partial charge in [0.15, 0.2) is 11.3 Å². The van der Waals surface area contributed by atoms with E-state index in [2.05, 4.69) is 20.8 Å². The van der Waals surface area contributed by atoms with Crippen molar-refractivity contribution < 1.29 is 28.7 Å². The molecule has 2 fully saturated rings. The molecule has 0 aliphatic carbocycles. The molecule has 8 aromatic rings. The second-order valence-corrected chi connectivity index (χ2v) is 22.1. The van der Waals surface area contributed by atoms with Gasteiger partial charge in [0.1, 0.15) is 29.4 Å². The van der Waals surface area contributed by atoms with Crippen molar-refractivity contribution in [2.24, 2.45) is 0 Å². The van der Waals surface area contributed by atoms with E-state index in [1.807, 2.05) is 72.8 Å². The summed E-state index contributed by atoms with van der Waals surface area (Å²) in [5, 5.41) is 17.4. The smallest absolute Gasteiger partial charge is 0.416 e. The van der Waals surface area contributed by atoms with Gasteiger partial charge in [-0.3, -0.25) is 19.4 Å². The van der Waals surface area contributed by atoms with Crippen molar-refractivity contribution in [3.63, 3.8) is 0 Å². The normalized spacial score (nSPS) is 14.1. The third-order valence-electron chi connectivity index (χ3n) is 12.3. The Hall–Kier alpha value is -7.48. The summed E-state index contributed by atoms with van der Waals surface area (Å²) in [6, 6.07) is 33.1. The van der Waals surface area contributed by atoms with Gasteiger partial charge >= 0.3 is 12.2 Å². The molecule has 4 aromatic heterocycles. The van der Waals surface area contributed by atoms with Gasteiger partial charge in [-0.2, -0.15) is 19.2 Å². The van der Waals surface area contributed by atoms with Gasteiger partial charge in [0, 0.05) is 99.6 Å². The number of halogens is 4. The van der Waals surface area contributed by atoms with Gasteiger partial charge in [-0.05, 0) is 101 Å². The number of ether oxygens (including phenoxy) is 2. The van der Waals surface area contributed by atoms with E-state index in [4.69, 9.17) is 65.8 Å². The third kappa shape index (κ3) is 13.3. The predicted octanol–water partition coefficient (Wildman–Crippen LogP) is 11.5. The lowest BCUT2D eigenvalue weighted by Gasteiger charge is -2.35. The summed E-state index contributed by atoms with van der Waals surface area (Å²) in [6.07, 6.45) is 2.22. The van der Waals surface area contributed by atoms with Crippen molar-refractivity contribution in [2.75, 3.05) is 59.3 Å². The fraction of sp³-hybridized carbons (Fsp3) is 0.286. The second kappa shape index (κ2) is 23.2. The van der Waals surface area contributed by atoms with E-state index in [9.17, 15) is 19.2 Å². The number of hydrogen-bond donors (Lipinski definition) is 2. The van der Waals surface area contributed by atoms with Crippen LogP contribution >= 0.6 is 46.4 Å². The number of benzene rings is 4. The van der Waals surface area contributed by atoms with Crippen LogP contribution in [-0.2, 0) is 32.2 Å². The Balaban J connectivity index is 0.000000202. The van der Waals surface area contributed by atoms with Crippen LogP contribution in [0, 0.1) is 0 Å². The minimum Gasteiger partial charge on any atom is -0.444 e. The first-order valence-electron chi connectivity index (χ1n) is 25.0. The highest BCUT2D eigenvalue weighted by Crippen LogP contribution is 2.32. The molecule has 404 valence electrons. The molecule has 2 aliphatic rings. The highest BCUT2D eigenvalue weighted by atomic mass is 35.5. The Labute approximate surface area is 470 Å². The maximum absolute atomic E-state index is 13.6. The first-order chi connectivity index (χ1) is 37.2. The summed E-state index contributed by atoms with van der Waals surface area (Å²) in [7, 11) is 0. The van der Waals surface area contributed by atoms with Crippen LogP contribution in [0.4, 0.5) is 32.6 Å². The predicted molar refractivity (Wildman–Crippen MR) is 305 cm³/mol. The van der Waals surface area contributed by atoms with Crippen molar-refractivity contribution in [2.45, 2.75) is 65.8 Å². The molecule has 0 unspecified atom stereocenters. The van der Waals surface area contributed by atoms with Crippen molar-refractivity contribution in [1.29, 1.82) is 0 Å². The summed E-state index contributed by atoms with van der Waals surface area (Å²) in [5.74, 6) is 1.08. The van der Waals surface area contributed by atoms with Crippen LogP contribution in [0.2, 0.25) is 20.1 Å². The van der Waals surface area contributed by atoms with Gasteiger partial charge in [0.25, 0.3) is 0 Å². The van der Waals surface area contributed by atoms with E-state index in [1.54, 1.807) is 109 Å². The molecule has 2 aliphatic heterocycles. The van der Waals surface area contributed by atoms with Crippen LogP contribution in [0.1, 0.15) is 52.7 Å². The average Bonchev–Trinajstić information content (AvgIpc) is 4.17. The van der Waals surface area contributed by atoms with Crippen LogP contribution in [0.3, 0.4) is 0 Å². The molecule has 18 nitrogen and oxygen atoms in total. The minimum atomic E-state index is -0.760. The molecular weight excluding hydrogens is 1080 g/mol. The number of rotatable bonds is 10. The largest absolute Gasteiger partial charge is 0.444 e. The first-order valence-corrected chi connectivity index (χ1v) is 26.5. The lowest BCUT2D eigenvalue weighted by molar-refractivity contribution is -0.121. The molecule has 22 heteroatoms. The third-order valence-corrected chi connectivity index (χ3v) is 13.5. The summed E-state index contributed by atoms with van der Waals surface area (Å²) in [4.78, 5) is 67.1. The number of hydrogen-bond acceptors (Lipinski definition) is 12. The number of carbonyl (C=O) groups excluding carboxylic acids is 4. The molecule has 0 spiro atoms. The monoisotopic (exact) mass is 1130 g/mol. The van der Waals surface area contributed by atoms with E-state index in [0.29, 0.717) is 81.2 Å². The summed E-state index contributed by atoms with van der Waals surface area (Å²) in [5.41, 5.74) is 6.10. The van der Waals surface area contributed by atoms with Crippen molar-refractivity contribution in [1.82, 2.24) is 39.4 Å². The molecule has 10 rings (SSSR count). The van der Waals surface area contributed by atoms with Gasteiger partial charge in [0.2, 0.25) is 11.8 Å². The lowest BCUT2D eigenvalue weighted by Crippen LogP contribution is -2.53. The fourth-order valence-electron chi connectivity index (χ4n) is 8.58. The Kier molecular flexibility index (Phi) is 16.5. The highest BCUT2D eigenvalue weighted by Gasteiger charge is 2.32. The van der Waals surface area contributed by atoms with Crippen molar-refractivity contribution >= 4 is 105 Å². The van der Waals surface area contributed by atoms with Crippen LogP contribution < -0.4 is 25.3 Å². The maximum atomic E-state index is 13.6. The van der Waals surface area contributed by atoms with Gasteiger partial charge in [-0.1, -0.05) is 82.8 Å². The van der Waals surface area contributed by atoms with E-state index in [1.165, 1.54) is 9.80 Å². The lowest BCUT2D eigenvalue weighted by atomic mass is 10.1. The van der Waals surface area contributed by atoms with Gasteiger partial charge < -0.3 is 29.9 Å². The quantitative estimate of drug-likeness (QED) is 0.132. The number of aromatic nitrogens is 6.